The minimum absolute atomic E-state index is 0.0137. The number of anilines is 2. The van der Waals surface area contributed by atoms with E-state index >= 15 is 0 Å². The second-order valence-corrected chi connectivity index (χ2v) is 21.2. The molecule has 17 rings (SSSR count). The average molecular weight is 1000 g/mol. The van der Waals surface area contributed by atoms with Gasteiger partial charge in [0.2, 0.25) is 5.82 Å². The Kier molecular flexibility index (Phi) is 9.30. The number of aromatic nitrogens is 6. The molecular formula is C71H49N7. The summed E-state index contributed by atoms with van der Waals surface area (Å²) in [5, 5.41) is 14.0. The van der Waals surface area contributed by atoms with Crippen molar-refractivity contribution in [3.05, 3.63) is 265 Å². The standard InChI is InChI=1S/C71H49N7/c1-2-21-51(22-3-1)77-61-30-13-8-25-54(61)57-38-40-65-67(69(57)77)59-28-11-15-32-63(59)76(65)52-23-16-24-53(43-52)78-62-31-14-9-26-55(62)56-37-39-64-66(68(56)78)58-27-10-12-29-60(58)74(64)44-75-71(50-36-34-46-18-5-7-20-48(46)42-50)72-70(73-75)49-35-33-45-17-4-6-19-47(45)41-49/h1-6,8-19,21-43,56,68H,7,20,44H2. The molecule has 0 spiro atoms. The summed E-state index contributed by atoms with van der Waals surface area (Å²) >= 11 is 0. The highest BCUT2D eigenvalue weighted by Crippen LogP contribution is 2.58. The molecule has 2 atom stereocenters. The molecular weight excluding hydrogens is 951 g/mol. The zero-order chi connectivity index (χ0) is 51.0. The Morgan fingerprint density at radius 1 is 0.526 bits per heavy atom. The number of nitrogens with zero attached hydrogens (tertiary/aromatic N) is 7. The highest BCUT2D eigenvalue weighted by molar-refractivity contribution is 6.26. The molecule has 7 heteroatoms. The summed E-state index contributed by atoms with van der Waals surface area (Å²) in [4.78, 5) is 8.04. The molecule has 368 valence electrons. The SMILES string of the molecule is C1=Cc2ccc(-c3nc(-c4ccc5ccccc5c4)[n-][n+]3Cn3c4c(c5ccccc53)C3C(C=C4)c4ccccc4N3c3cccc(-n4c5ccccc5c5c4ccc4c6ccccc6n(-c6ccccc6)c45)c3)cc2CC1. The van der Waals surface area contributed by atoms with E-state index in [9.17, 15) is 0 Å². The summed E-state index contributed by atoms with van der Waals surface area (Å²) in [7, 11) is 0. The number of rotatable bonds is 7. The van der Waals surface area contributed by atoms with Crippen LogP contribution in [0.5, 0.6) is 0 Å². The van der Waals surface area contributed by atoms with E-state index in [1.807, 2.05) is 0 Å². The summed E-state index contributed by atoms with van der Waals surface area (Å²) in [6.07, 6.45) is 11.4. The van der Waals surface area contributed by atoms with Crippen LogP contribution in [0.3, 0.4) is 0 Å². The third-order valence-electron chi connectivity index (χ3n) is 17.1. The average Bonchev–Trinajstić information content (AvgIpc) is 4.41. The molecule has 1 aliphatic heterocycles. The van der Waals surface area contributed by atoms with Gasteiger partial charge in [-0.25, -0.2) is 5.10 Å². The van der Waals surface area contributed by atoms with E-state index in [1.165, 1.54) is 98.9 Å². The fourth-order valence-electron chi connectivity index (χ4n) is 13.7. The first-order valence-electron chi connectivity index (χ1n) is 27.2. The fourth-order valence-corrected chi connectivity index (χ4v) is 13.7. The zero-order valence-electron chi connectivity index (χ0n) is 42.6. The van der Waals surface area contributed by atoms with Crippen molar-refractivity contribution in [3.8, 4) is 34.2 Å². The van der Waals surface area contributed by atoms with Gasteiger partial charge in [0.15, 0.2) is 6.67 Å². The molecule has 10 aromatic carbocycles. The van der Waals surface area contributed by atoms with Gasteiger partial charge in [-0.3, -0.25) is 0 Å². The first-order chi connectivity index (χ1) is 38.7. The van der Waals surface area contributed by atoms with Gasteiger partial charge < -0.3 is 18.6 Å². The minimum atomic E-state index is -0.0137. The van der Waals surface area contributed by atoms with Crippen LogP contribution in [0, 0.1) is 0 Å². The molecule has 0 saturated carbocycles. The molecule has 0 amide bonds. The van der Waals surface area contributed by atoms with Crippen molar-refractivity contribution in [1.82, 2.24) is 23.8 Å². The Morgan fingerprint density at radius 2 is 1.26 bits per heavy atom. The van der Waals surface area contributed by atoms with Gasteiger partial charge in [0.1, 0.15) is 0 Å². The minimum Gasteiger partial charge on any atom is -0.333 e. The van der Waals surface area contributed by atoms with E-state index in [1.54, 1.807) is 0 Å². The number of allylic oxidation sites excluding steroid dienone is 1. The molecule has 0 radical (unpaired) electrons. The van der Waals surface area contributed by atoms with Gasteiger partial charge in [0.25, 0.3) is 0 Å². The maximum Gasteiger partial charge on any atom is 0.335 e. The lowest BCUT2D eigenvalue weighted by atomic mass is 9.84. The van der Waals surface area contributed by atoms with Crippen molar-refractivity contribution in [2.24, 2.45) is 0 Å². The smallest absolute Gasteiger partial charge is 0.333 e. The van der Waals surface area contributed by atoms with Crippen LogP contribution < -0.4 is 14.7 Å². The first-order valence-corrected chi connectivity index (χ1v) is 27.2. The molecule has 0 fully saturated rings. The fraction of sp³-hybridized carbons (Fsp3) is 0.0704. The highest BCUT2D eigenvalue weighted by atomic mass is 15.4. The molecule has 0 saturated heterocycles. The first kappa shape index (κ1) is 43.3. The molecule has 0 N–H and O–H groups in total. The van der Waals surface area contributed by atoms with E-state index in [4.69, 9.17) is 10.1 Å². The van der Waals surface area contributed by atoms with Gasteiger partial charge in [-0.15, -0.1) is 0 Å². The summed E-state index contributed by atoms with van der Waals surface area (Å²) in [5.74, 6) is 1.71. The van der Waals surface area contributed by atoms with Crippen molar-refractivity contribution in [1.29, 1.82) is 0 Å². The lowest BCUT2D eigenvalue weighted by molar-refractivity contribution is -0.748. The van der Waals surface area contributed by atoms with Crippen molar-refractivity contribution >= 4 is 88.8 Å². The lowest BCUT2D eigenvalue weighted by Gasteiger charge is -2.33. The second kappa shape index (κ2) is 16.8. The summed E-state index contributed by atoms with van der Waals surface area (Å²) < 4.78 is 9.57. The maximum absolute atomic E-state index is 5.43. The molecule has 2 unspecified atom stereocenters. The Labute approximate surface area is 450 Å². The van der Waals surface area contributed by atoms with Crippen LogP contribution in [0.2, 0.25) is 0 Å². The third kappa shape index (κ3) is 6.33. The van der Waals surface area contributed by atoms with Crippen molar-refractivity contribution in [2.75, 3.05) is 4.90 Å². The van der Waals surface area contributed by atoms with Crippen LogP contribution in [0.25, 0.3) is 112 Å². The van der Waals surface area contributed by atoms with Crippen LogP contribution in [0.1, 0.15) is 46.3 Å². The van der Waals surface area contributed by atoms with Gasteiger partial charge in [-0.2, -0.15) is 4.68 Å². The maximum atomic E-state index is 5.43. The monoisotopic (exact) mass is 999 g/mol. The van der Waals surface area contributed by atoms with Gasteiger partial charge in [0.05, 0.1) is 44.9 Å². The number of benzene rings is 10. The zero-order valence-corrected chi connectivity index (χ0v) is 42.6. The molecule has 3 aliphatic rings. The molecule has 2 aliphatic carbocycles. The number of hydrogen-bond donors (Lipinski definition) is 0. The molecule has 4 aromatic heterocycles. The summed E-state index contributed by atoms with van der Waals surface area (Å²) in [6, 6.07) is 82.4. The highest BCUT2D eigenvalue weighted by Gasteiger charge is 2.44. The second-order valence-electron chi connectivity index (χ2n) is 21.2. The van der Waals surface area contributed by atoms with Crippen LogP contribution >= 0.6 is 0 Å². The normalized spacial score (nSPS) is 15.5. The Hall–Kier alpha value is -9.98. The lowest BCUT2D eigenvalue weighted by Crippen LogP contribution is -2.43. The number of aryl methyl sites for hydroxylation is 1. The predicted octanol–water partition coefficient (Wildman–Crippen LogP) is 16.4. The molecule has 7 nitrogen and oxygen atoms in total. The van der Waals surface area contributed by atoms with E-state index in [2.05, 4.69) is 272 Å². The van der Waals surface area contributed by atoms with Gasteiger partial charge in [-0.1, -0.05) is 164 Å². The molecule has 5 heterocycles. The van der Waals surface area contributed by atoms with E-state index in [0.717, 1.165) is 52.7 Å². The number of fused-ring (bicyclic) bond motifs is 16. The van der Waals surface area contributed by atoms with Crippen molar-refractivity contribution in [3.63, 3.8) is 0 Å². The van der Waals surface area contributed by atoms with Gasteiger partial charge in [0, 0.05) is 66.7 Å². The van der Waals surface area contributed by atoms with Crippen molar-refractivity contribution < 1.29 is 4.68 Å². The van der Waals surface area contributed by atoms with Crippen LogP contribution in [0.4, 0.5) is 11.4 Å². The summed E-state index contributed by atoms with van der Waals surface area (Å²) in [5.41, 5.74) is 19.2. The summed E-state index contributed by atoms with van der Waals surface area (Å²) in [6.45, 7) is 0.483. The molecule has 78 heavy (non-hydrogen) atoms. The van der Waals surface area contributed by atoms with Gasteiger partial charge >= 0.3 is 5.82 Å². The Balaban J connectivity index is 0.832. The third-order valence-corrected chi connectivity index (χ3v) is 17.1. The van der Waals surface area contributed by atoms with Crippen LogP contribution in [0.15, 0.2) is 237 Å². The van der Waals surface area contributed by atoms with Crippen LogP contribution in [-0.2, 0) is 13.1 Å². The van der Waals surface area contributed by atoms with Gasteiger partial charge in [-0.05, 0) is 130 Å². The molecule has 14 aromatic rings. The van der Waals surface area contributed by atoms with E-state index < -0.39 is 0 Å². The van der Waals surface area contributed by atoms with Crippen molar-refractivity contribution in [2.45, 2.75) is 31.5 Å². The number of hydrogen-bond acceptors (Lipinski definition) is 2. The quantitative estimate of drug-likeness (QED) is 0.150. The largest absolute Gasteiger partial charge is 0.335 e. The molecule has 0 bridgehead atoms. The Morgan fingerprint density at radius 3 is 2.15 bits per heavy atom. The number of para-hydroxylation sites is 5. The Bertz CT molecular complexity index is 4870. The topological polar surface area (TPSA) is 48.9 Å². The van der Waals surface area contributed by atoms with E-state index in [0.29, 0.717) is 6.67 Å². The predicted molar refractivity (Wildman–Crippen MR) is 319 cm³/mol. The van der Waals surface area contributed by atoms with E-state index in [-0.39, 0.29) is 12.0 Å². The van der Waals surface area contributed by atoms with Crippen LogP contribution in [-0.4, -0.2) is 18.7 Å².